The van der Waals surface area contributed by atoms with Gasteiger partial charge in [-0.2, -0.15) is 0 Å². The van der Waals surface area contributed by atoms with Crippen LogP contribution in [0.5, 0.6) is 0 Å². The second-order valence-electron chi connectivity index (χ2n) is 6.43. The summed E-state index contributed by atoms with van der Waals surface area (Å²) in [6.45, 7) is 6.80. The molecule has 19 heavy (non-hydrogen) atoms. The summed E-state index contributed by atoms with van der Waals surface area (Å²) < 4.78 is 0. The number of rotatable bonds is 6. The molecule has 0 atom stereocenters. The Labute approximate surface area is 118 Å². The lowest BCUT2D eigenvalue weighted by atomic mass is 9.85. The van der Waals surface area contributed by atoms with Gasteiger partial charge < -0.3 is 10.2 Å². The Morgan fingerprint density at radius 3 is 2.37 bits per heavy atom. The standard InChI is InChI=1S/C17H28N2/c1-15(2)18-13-17(11-7-8-12-17)14-19(3)16-9-5-4-6-10-16/h4-6,9-10,15,18H,7-8,11-14H2,1-3H3. The van der Waals surface area contributed by atoms with E-state index in [-0.39, 0.29) is 0 Å². The van der Waals surface area contributed by atoms with E-state index in [2.05, 4.69) is 61.4 Å². The molecule has 106 valence electrons. The first-order valence-electron chi connectivity index (χ1n) is 7.61. The fourth-order valence-electron chi connectivity index (χ4n) is 3.21. The fraction of sp³-hybridized carbons (Fsp3) is 0.647. The molecular formula is C17H28N2. The normalized spacial score (nSPS) is 17.9. The molecule has 1 saturated carbocycles. The summed E-state index contributed by atoms with van der Waals surface area (Å²) in [5.74, 6) is 0. The van der Waals surface area contributed by atoms with Gasteiger partial charge in [0.05, 0.1) is 0 Å². The van der Waals surface area contributed by atoms with Crippen LogP contribution in [0.1, 0.15) is 39.5 Å². The molecule has 0 spiro atoms. The lowest BCUT2D eigenvalue weighted by molar-refractivity contribution is 0.278. The molecule has 1 aromatic carbocycles. The third-order valence-electron chi connectivity index (χ3n) is 4.32. The minimum Gasteiger partial charge on any atom is -0.374 e. The van der Waals surface area contributed by atoms with Crippen molar-refractivity contribution in [1.29, 1.82) is 0 Å². The highest BCUT2D eigenvalue weighted by molar-refractivity contribution is 5.45. The molecule has 0 unspecified atom stereocenters. The first-order valence-corrected chi connectivity index (χ1v) is 7.61. The lowest BCUT2D eigenvalue weighted by Crippen LogP contribution is -2.43. The summed E-state index contributed by atoms with van der Waals surface area (Å²) in [6, 6.07) is 11.3. The molecule has 1 aliphatic carbocycles. The quantitative estimate of drug-likeness (QED) is 0.839. The Bertz CT molecular complexity index is 366. The highest BCUT2D eigenvalue weighted by atomic mass is 15.1. The Kier molecular flexibility index (Phi) is 4.87. The van der Waals surface area contributed by atoms with Crippen molar-refractivity contribution < 1.29 is 0 Å². The third kappa shape index (κ3) is 3.97. The van der Waals surface area contributed by atoms with Crippen molar-refractivity contribution in [2.24, 2.45) is 5.41 Å². The number of hydrogen-bond donors (Lipinski definition) is 1. The Hall–Kier alpha value is -1.02. The number of benzene rings is 1. The van der Waals surface area contributed by atoms with E-state index in [0.717, 1.165) is 13.1 Å². The van der Waals surface area contributed by atoms with Gasteiger partial charge in [0.15, 0.2) is 0 Å². The summed E-state index contributed by atoms with van der Waals surface area (Å²) >= 11 is 0. The maximum absolute atomic E-state index is 3.66. The Morgan fingerprint density at radius 1 is 1.16 bits per heavy atom. The molecule has 0 heterocycles. The number of anilines is 1. The monoisotopic (exact) mass is 260 g/mol. The van der Waals surface area contributed by atoms with Crippen molar-refractivity contribution in [3.05, 3.63) is 30.3 Å². The summed E-state index contributed by atoms with van der Waals surface area (Å²) in [7, 11) is 2.23. The maximum atomic E-state index is 3.66. The molecule has 1 aliphatic rings. The van der Waals surface area contributed by atoms with Gasteiger partial charge in [-0.3, -0.25) is 0 Å². The van der Waals surface area contributed by atoms with Gasteiger partial charge in [0.2, 0.25) is 0 Å². The summed E-state index contributed by atoms with van der Waals surface area (Å²) in [5.41, 5.74) is 1.80. The number of hydrogen-bond acceptors (Lipinski definition) is 2. The fourth-order valence-corrected chi connectivity index (χ4v) is 3.21. The van der Waals surface area contributed by atoms with E-state index < -0.39 is 0 Å². The second kappa shape index (κ2) is 6.42. The predicted molar refractivity (Wildman–Crippen MR) is 83.8 cm³/mol. The minimum absolute atomic E-state index is 0.467. The van der Waals surface area contributed by atoms with E-state index in [4.69, 9.17) is 0 Å². The van der Waals surface area contributed by atoms with E-state index in [9.17, 15) is 0 Å². The summed E-state index contributed by atoms with van der Waals surface area (Å²) in [6.07, 6.45) is 5.51. The third-order valence-corrected chi connectivity index (χ3v) is 4.32. The first kappa shape index (κ1) is 14.4. The van der Waals surface area contributed by atoms with Crippen LogP contribution in [0.2, 0.25) is 0 Å². The molecule has 2 heteroatoms. The highest BCUT2D eigenvalue weighted by Crippen LogP contribution is 2.38. The zero-order valence-electron chi connectivity index (χ0n) is 12.7. The van der Waals surface area contributed by atoms with Crippen LogP contribution in [0, 0.1) is 5.41 Å². The maximum Gasteiger partial charge on any atom is 0.0363 e. The molecule has 2 rings (SSSR count). The molecule has 1 fully saturated rings. The topological polar surface area (TPSA) is 15.3 Å². The molecule has 0 aliphatic heterocycles. The molecule has 0 amide bonds. The number of nitrogens with zero attached hydrogens (tertiary/aromatic N) is 1. The van der Waals surface area contributed by atoms with Gasteiger partial charge in [-0.05, 0) is 25.0 Å². The van der Waals surface area contributed by atoms with Crippen LogP contribution >= 0.6 is 0 Å². The van der Waals surface area contributed by atoms with E-state index in [1.165, 1.54) is 31.4 Å². The largest absolute Gasteiger partial charge is 0.374 e. The van der Waals surface area contributed by atoms with Crippen LogP contribution < -0.4 is 10.2 Å². The van der Waals surface area contributed by atoms with Crippen LogP contribution in [0.25, 0.3) is 0 Å². The van der Waals surface area contributed by atoms with Crippen LogP contribution in [-0.4, -0.2) is 26.2 Å². The van der Waals surface area contributed by atoms with Gasteiger partial charge in [-0.15, -0.1) is 0 Å². The molecule has 2 nitrogen and oxygen atoms in total. The van der Waals surface area contributed by atoms with Gasteiger partial charge in [-0.25, -0.2) is 0 Å². The molecule has 0 aromatic heterocycles. The van der Waals surface area contributed by atoms with E-state index in [0.29, 0.717) is 11.5 Å². The van der Waals surface area contributed by atoms with Crippen LogP contribution in [0.15, 0.2) is 30.3 Å². The molecule has 0 saturated heterocycles. The van der Waals surface area contributed by atoms with Crippen molar-refractivity contribution in [1.82, 2.24) is 5.32 Å². The molecule has 0 radical (unpaired) electrons. The van der Waals surface area contributed by atoms with E-state index in [1.54, 1.807) is 0 Å². The van der Waals surface area contributed by atoms with E-state index in [1.807, 2.05) is 0 Å². The molecular weight excluding hydrogens is 232 g/mol. The van der Waals surface area contributed by atoms with Crippen LogP contribution in [0.4, 0.5) is 5.69 Å². The van der Waals surface area contributed by atoms with Crippen molar-refractivity contribution in [3.8, 4) is 0 Å². The van der Waals surface area contributed by atoms with Gasteiger partial charge in [-0.1, -0.05) is 44.9 Å². The minimum atomic E-state index is 0.467. The van der Waals surface area contributed by atoms with Gasteiger partial charge in [0, 0.05) is 37.3 Å². The predicted octanol–water partition coefficient (Wildman–Crippen LogP) is 3.68. The number of para-hydroxylation sites is 1. The smallest absolute Gasteiger partial charge is 0.0363 e. The molecule has 0 bridgehead atoms. The van der Waals surface area contributed by atoms with Crippen LogP contribution in [0.3, 0.4) is 0 Å². The van der Waals surface area contributed by atoms with E-state index >= 15 is 0 Å². The van der Waals surface area contributed by atoms with Crippen molar-refractivity contribution in [2.75, 3.05) is 25.0 Å². The Morgan fingerprint density at radius 2 is 1.79 bits per heavy atom. The van der Waals surface area contributed by atoms with Gasteiger partial charge in [0.25, 0.3) is 0 Å². The molecule has 1 aromatic rings. The number of nitrogens with one attached hydrogen (secondary N) is 1. The average molecular weight is 260 g/mol. The zero-order chi connectivity index (χ0) is 13.7. The van der Waals surface area contributed by atoms with Crippen LogP contribution in [-0.2, 0) is 0 Å². The highest BCUT2D eigenvalue weighted by Gasteiger charge is 2.34. The van der Waals surface area contributed by atoms with Crippen molar-refractivity contribution >= 4 is 5.69 Å². The molecule has 1 N–H and O–H groups in total. The zero-order valence-corrected chi connectivity index (χ0v) is 12.7. The average Bonchev–Trinajstić information content (AvgIpc) is 2.86. The first-order chi connectivity index (χ1) is 9.11. The summed E-state index contributed by atoms with van der Waals surface area (Å²) in [5, 5.41) is 3.66. The summed E-state index contributed by atoms with van der Waals surface area (Å²) in [4.78, 5) is 2.42. The lowest BCUT2D eigenvalue weighted by Gasteiger charge is -2.35. The van der Waals surface area contributed by atoms with Crippen molar-refractivity contribution in [2.45, 2.75) is 45.6 Å². The van der Waals surface area contributed by atoms with Gasteiger partial charge >= 0.3 is 0 Å². The SMILES string of the molecule is CC(C)NCC1(CN(C)c2ccccc2)CCCC1. The van der Waals surface area contributed by atoms with Gasteiger partial charge in [0.1, 0.15) is 0 Å². The Balaban J connectivity index is 2.00. The van der Waals surface area contributed by atoms with Crippen molar-refractivity contribution in [3.63, 3.8) is 0 Å². The second-order valence-corrected chi connectivity index (χ2v) is 6.43.